The standard InChI is InChI=1S/C16H20O2/c1-12(2)15(18-16(17)13(3)4)11-10-14-8-6-5-7-9-14/h5-12,15H,3H2,1-2,4H3. The summed E-state index contributed by atoms with van der Waals surface area (Å²) >= 11 is 0. The van der Waals surface area contributed by atoms with E-state index in [2.05, 4.69) is 6.58 Å². The molecule has 18 heavy (non-hydrogen) atoms. The van der Waals surface area contributed by atoms with Crippen molar-refractivity contribution < 1.29 is 9.53 Å². The molecule has 1 unspecified atom stereocenters. The number of hydrogen-bond acceptors (Lipinski definition) is 2. The lowest BCUT2D eigenvalue weighted by Crippen LogP contribution is -2.21. The highest BCUT2D eigenvalue weighted by molar-refractivity contribution is 5.87. The molecule has 0 spiro atoms. The van der Waals surface area contributed by atoms with E-state index in [1.165, 1.54) is 0 Å². The number of ether oxygens (including phenoxy) is 1. The normalized spacial score (nSPS) is 12.7. The van der Waals surface area contributed by atoms with Crippen LogP contribution in [0.15, 0.2) is 48.6 Å². The Kier molecular flexibility index (Phi) is 5.37. The van der Waals surface area contributed by atoms with E-state index < -0.39 is 0 Å². The van der Waals surface area contributed by atoms with Crippen LogP contribution in [0.2, 0.25) is 0 Å². The predicted octanol–water partition coefficient (Wildman–Crippen LogP) is 3.84. The zero-order chi connectivity index (χ0) is 13.5. The lowest BCUT2D eigenvalue weighted by Gasteiger charge is -2.17. The Morgan fingerprint density at radius 1 is 1.28 bits per heavy atom. The molecule has 0 fully saturated rings. The molecule has 96 valence electrons. The van der Waals surface area contributed by atoms with E-state index in [0.717, 1.165) is 5.56 Å². The molecule has 0 aliphatic rings. The molecule has 0 radical (unpaired) electrons. The zero-order valence-corrected chi connectivity index (χ0v) is 11.2. The molecule has 0 saturated heterocycles. The van der Waals surface area contributed by atoms with Crippen molar-refractivity contribution in [3.63, 3.8) is 0 Å². The lowest BCUT2D eigenvalue weighted by molar-refractivity contribution is -0.143. The number of carbonyl (C=O) groups is 1. The van der Waals surface area contributed by atoms with Crippen molar-refractivity contribution in [3.05, 3.63) is 54.1 Å². The number of carbonyl (C=O) groups excluding carboxylic acids is 1. The van der Waals surface area contributed by atoms with E-state index in [9.17, 15) is 4.79 Å². The first-order valence-corrected chi connectivity index (χ1v) is 6.10. The fraction of sp³-hybridized carbons (Fsp3) is 0.312. The molecular weight excluding hydrogens is 224 g/mol. The molecule has 0 amide bonds. The molecule has 0 saturated carbocycles. The summed E-state index contributed by atoms with van der Waals surface area (Å²) in [6.07, 6.45) is 3.66. The van der Waals surface area contributed by atoms with Gasteiger partial charge in [0.15, 0.2) is 0 Å². The predicted molar refractivity (Wildman–Crippen MR) is 75.0 cm³/mol. The van der Waals surface area contributed by atoms with Crippen LogP contribution < -0.4 is 0 Å². The first kappa shape index (κ1) is 14.2. The summed E-state index contributed by atoms with van der Waals surface area (Å²) in [7, 11) is 0. The van der Waals surface area contributed by atoms with Gasteiger partial charge in [-0.25, -0.2) is 4.79 Å². The van der Waals surface area contributed by atoms with E-state index in [0.29, 0.717) is 5.57 Å². The summed E-state index contributed by atoms with van der Waals surface area (Å²) in [5, 5.41) is 0. The molecule has 2 heteroatoms. The fourth-order valence-corrected chi connectivity index (χ4v) is 1.39. The van der Waals surface area contributed by atoms with Crippen molar-refractivity contribution in [1.29, 1.82) is 0 Å². The van der Waals surface area contributed by atoms with Crippen LogP contribution in [-0.4, -0.2) is 12.1 Å². The van der Waals surface area contributed by atoms with Gasteiger partial charge in [-0.15, -0.1) is 0 Å². The largest absolute Gasteiger partial charge is 0.455 e. The van der Waals surface area contributed by atoms with Gasteiger partial charge in [-0.05, 0) is 24.5 Å². The van der Waals surface area contributed by atoms with Crippen LogP contribution in [0.3, 0.4) is 0 Å². The van der Waals surface area contributed by atoms with Gasteiger partial charge >= 0.3 is 5.97 Å². The van der Waals surface area contributed by atoms with Crippen molar-refractivity contribution in [2.45, 2.75) is 26.9 Å². The smallest absolute Gasteiger partial charge is 0.333 e. The topological polar surface area (TPSA) is 26.3 Å². The van der Waals surface area contributed by atoms with E-state index in [1.54, 1.807) is 6.92 Å². The molecule has 2 nitrogen and oxygen atoms in total. The molecule has 1 aromatic carbocycles. The van der Waals surface area contributed by atoms with Gasteiger partial charge in [0.1, 0.15) is 6.10 Å². The van der Waals surface area contributed by atoms with Crippen molar-refractivity contribution in [2.24, 2.45) is 5.92 Å². The quantitative estimate of drug-likeness (QED) is 0.581. The van der Waals surface area contributed by atoms with Crippen LogP contribution in [-0.2, 0) is 9.53 Å². The van der Waals surface area contributed by atoms with Gasteiger partial charge in [-0.1, -0.05) is 56.8 Å². The van der Waals surface area contributed by atoms with E-state index in [4.69, 9.17) is 4.74 Å². The van der Waals surface area contributed by atoms with E-state index in [-0.39, 0.29) is 18.0 Å². The Hall–Kier alpha value is -1.83. The highest BCUT2D eigenvalue weighted by atomic mass is 16.5. The van der Waals surface area contributed by atoms with Crippen LogP contribution in [0.5, 0.6) is 0 Å². The van der Waals surface area contributed by atoms with Gasteiger partial charge in [0.25, 0.3) is 0 Å². The number of benzene rings is 1. The molecule has 1 aromatic rings. The van der Waals surface area contributed by atoms with E-state index in [1.807, 2.05) is 56.3 Å². The third-order valence-corrected chi connectivity index (χ3v) is 2.53. The molecule has 1 rings (SSSR count). The summed E-state index contributed by atoms with van der Waals surface area (Å²) in [5.41, 5.74) is 1.52. The van der Waals surface area contributed by atoms with Gasteiger partial charge in [0.2, 0.25) is 0 Å². The first-order valence-electron chi connectivity index (χ1n) is 6.10. The third-order valence-electron chi connectivity index (χ3n) is 2.53. The monoisotopic (exact) mass is 244 g/mol. The molecular formula is C16H20O2. The lowest BCUT2D eigenvalue weighted by atomic mass is 10.1. The average molecular weight is 244 g/mol. The van der Waals surface area contributed by atoms with Crippen molar-refractivity contribution in [2.75, 3.05) is 0 Å². The van der Waals surface area contributed by atoms with Gasteiger partial charge in [0.05, 0.1) is 0 Å². The van der Waals surface area contributed by atoms with Crippen molar-refractivity contribution >= 4 is 12.0 Å². The number of esters is 1. The summed E-state index contributed by atoms with van der Waals surface area (Å²) < 4.78 is 5.37. The second-order valence-electron chi connectivity index (χ2n) is 4.66. The molecule has 0 bridgehead atoms. The summed E-state index contributed by atoms with van der Waals surface area (Å²) in [5.74, 6) is -0.111. The Balaban J connectivity index is 2.72. The van der Waals surface area contributed by atoms with Crippen LogP contribution >= 0.6 is 0 Å². The minimum absolute atomic E-state index is 0.227. The summed E-state index contributed by atoms with van der Waals surface area (Å²) in [6.45, 7) is 9.28. The number of rotatable bonds is 5. The van der Waals surface area contributed by atoms with Gasteiger partial charge in [-0.3, -0.25) is 0 Å². The highest BCUT2D eigenvalue weighted by Gasteiger charge is 2.15. The summed E-state index contributed by atoms with van der Waals surface area (Å²) in [6, 6.07) is 9.94. The molecule has 0 heterocycles. The average Bonchev–Trinajstić information content (AvgIpc) is 2.34. The first-order chi connectivity index (χ1) is 8.50. The minimum atomic E-state index is -0.341. The Labute approximate surface area is 109 Å². The number of hydrogen-bond donors (Lipinski definition) is 0. The van der Waals surface area contributed by atoms with Crippen LogP contribution in [0.4, 0.5) is 0 Å². The summed E-state index contributed by atoms with van der Waals surface area (Å²) in [4.78, 5) is 11.5. The third kappa shape index (κ3) is 4.58. The zero-order valence-electron chi connectivity index (χ0n) is 11.2. The molecule has 0 aliphatic heterocycles. The van der Waals surface area contributed by atoms with Gasteiger partial charge < -0.3 is 4.74 Å². The second-order valence-corrected chi connectivity index (χ2v) is 4.66. The van der Waals surface area contributed by atoms with E-state index >= 15 is 0 Å². The molecule has 0 N–H and O–H groups in total. The Bertz CT molecular complexity index is 430. The molecule has 0 aliphatic carbocycles. The SMILES string of the molecule is C=C(C)C(=O)OC(C=Cc1ccccc1)C(C)C. The second kappa shape index (κ2) is 6.80. The maximum Gasteiger partial charge on any atom is 0.333 e. The van der Waals surface area contributed by atoms with Gasteiger partial charge in [-0.2, -0.15) is 0 Å². The maximum absolute atomic E-state index is 11.5. The van der Waals surface area contributed by atoms with Crippen LogP contribution in [0, 0.1) is 5.92 Å². The maximum atomic E-state index is 11.5. The Morgan fingerprint density at radius 2 is 1.89 bits per heavy atom. The fourth-order valence-electron chi connectivity index (χ4n) is 1.39. The van der Waals surface area contributed by atoms with Gasteiger partial charge in [0, 0.05) is 5.57 Å². The minimum Gasteiger partial charge on any atom is -0.455 e. The van der Waals surface area contributed by atoms with Crippen LogP contribution in [0.25, 0.3) is 6.08 Å². The highest BCUT2D eigenvalue weighted by Crippen LogP contribution is 2.13. The Morgan fingerprint density at radius 3 is 2.39 bits per heavy atom. The molecule has 0 aromatic heterocycles. The molecule has 1 atom stereocenters. The van der Waals surface area contributed by atoms with Crippen molar-refractivity contribution in [3.8, 4) is 0 Å². The van der Waals surface area contributed by atoms with Crippen LogP contribution in [0.1, 0.15) is 26.3 Å². The van der Waals surface area contributed by atoms with Crippen molar-refractivity contribution in [1.82, 2.24) is 0 Å².